The lowest BCUT2D eigenvalue weighted by Crippen LogP contribution is -2.09. The summed E-state index contributed by atoms with van der Waals surface area (Å²) in [6, 6.07) is 14.1. The van der Waals surface area contributed by atoms with Crippen molar-refractivity contribution in [3.63, 3.8) is 0 Å². The van der Waals surface area contributed by atoms with Gasteiger partial charge in [-0.25, -0.2) is 9.59 Å². The quantitative estimate of drug-likeness (QED) is 0.724. The molecule has 0 amide bonds. The van der Waals surface area contributed by atoms with Gasteiger partial charge in [0.15, 0.2) is 13.2 Å². The fourth-order valence-electron chi connectivity index (χ4n) is 1.90. The van der Waals surface area contributed by atoms with E-state index in [1.54, 1.807) is 36.4 Å². The third-order valence-corrected chi connectivity index (χ3v) is 2.91. The molecule has 124 valence electrons. The monoisotopic (exact) mass is 328 g/mol. The Labute approximate surface area is 138 Å². The number of ether oxygens (including phenoxy) is 2. The number of carboxylic acid groups (broad SMARTS) is 2. The molecule has 0 spiro atoms. The molecule has 0 fully saturated rings. The molecule has 0 heterocycles. The van der Waals surface area contributed by atoms with Crippen LogP contribution in [0.15, 0.2) is 48.5 Å². The van der Waals surface area contributed by atoms with E-state index in [-0.39, 0.29) is 0 Å². The number of carboxylic acids is 2. The second-order valence-corrected chi connectivity index (χ2v) is 4.84. The Morgan fingerprint density at radius 1 is 0.792 bits per heavy atom. The molecular formula is C18H16O6. The van der Waals surface area contributed by atoms with Crippen LogP contribution in [0.4, 0.5) is 0 Å². The first kappa shape index (κ1) is 17.1. The van der Waals surface area contributed by atoms with Gasteiger partial charge < -0.3 is 19.7 Å². The third-order valence-electron chi connectivity index (χ3n) is 2.91. The Kier molecular flexibility index (Phi) is 5.96. The maximum atomic E-state index is 10.5. The van der Waals surface area contributed by atoms with Crippen molar-refractivity contribution in [3.8, 4) is 11.5 Å². The molecule has 0 aliphatic rings. The third kappa shape index (κ3) is 5.84. The molecule has 0 radical (unpaired) electrons. The van der Waals surface area contributed by atoms with Crippen molar-refractivity contribution >= 4 is 24.1 Å². The lowest BCUT2D eigenvalue weighted by Gasteiger charge is -2.04. The molecule has 2 N–H and O–H groups in total. The lowest BCUT2D eigenvalue weighted by atomic mass is 10.1. The van der Waals surface area contributed by atoms with Crippen molar-refractivity contribution in [2.75, 3.05) is 13.2 Å². The molecule has 0 aromatic heterocycles. The van der Waals surface area contributed by atoms with Gasteiger partial charge in [0.2, 0.25) is 0 Å². The zero-order valence-corrected chi connectivity index (χ0v) is 12.7. The summed E-state index contributed by atoms with van der Waals surface area (Å²) in [5, 5.41) is 17.2. The highest BCUT2D eigenvalue weighted by molar-refractivity contribution is 5.71. The number of aliphatic carboxylic acids is 2. The van der Waals surface area contributed by atoms with Crippen LogP contribution in [0.3, 0.4) is 0 Å². The Hall–Kier alpha value is -3.28. The van der Waals surface area contributed by atoms with Crippen molar-refractivity contribution < 1.29 is 29.3 Å². The van der Waals surface area contributed by atoms with E-state index in [0.29, 0.717) is 11.5 Å². The van der Waals surface area contributed by atoms with Crippen LogP contribution in [0.1, 0.15) is 11.1 Å². The minimum Gasteiger partial charge on any atom is -0.482 e. The van der Waals surface area contributed by atoms with E-state index in [4.69, 9.17) is 19.7 Å². The molecule has 6 heteroatoms. The minimum absolute atomic E-state index is 0.393. The summed E-state index contributed by atoms with van der Waals surface area (Å²) in [6.45, 7) is -0.785. The number of carbonyl (C=O) groups is 2. The molecule has 0 aliphatic heterocycles. The summed E-state index contributed by atoms with van der Waals surface area (Å²) in [5.41, 5.74) is 1.68. The maximum absolute atomic E-state index is 10.5. The number of hydrogen-bond acceptors (Lipinski definition) is 4. The van der Waals surface area contributed by atoms with Crippen LogP contribution in [0.5, 0.6) is 11.5 Å². The first-order valence-electron chi connectivity index (χ1n) is 7.10. The first-order valence-corrected chi connectivity index (χ1v) is 7.10. The van der Waals surface area contributed by atoms with Crippen LogP contribution in [-0.4, -0.2) is 35.4 Å². The largest absolute Gasteiger partial charge is 0.482 e. The van der Waals surface area contributed by atoms with Crippen molar-refractivity contribution in [2.45, 2.75) is 0 Å². The Bertz CT molecular complexity index is 687. The van der Waals surface area contributed by atoms with E-state index >= 15 is 0 Å². The summed E-state index contributed by atoms with van der Waals surface area (Å²) >= 11 is 0. The molecule has 0 saturated heterocycles. The van der Waals surface area contributed by atoms with Gasteiger partial charge in [0.1, 0.15) is 11.5 Å². The second kappa shape index (κ2) is 8.38. The van der Waals surface area contributed by atoms with E-state index in [1.165, 1.54) is 0 Å². The summed E-state index contributed by atoms with van der Waals surface area (Å²) in [7, 11) is 0. The topological polar surface area (TPSA) is 93.1 Å². The molecule has 2 aromatic rings. The molecule has 0 atom stereocenters. The van der Waals surface area contributed by atoms with Crippen LogP contribution in [0.25, 0.3) is 12.2 Å². The van der Waals surface area contributed by atoms with Gasteiger partial charge in [0, 0.05) is 0 Å². The summed E-state index contributed by atoms with van der Waals surface area (Å²) in [4.78, 5) is 21.0. The van der Waals surface area contributed by atoms with E-state index in [0.717, 1.165) is 11.1 Å². The van der Waals surface area contributed by atoms with Crippen molar-refractivity contribution in [2.24, 2.45) is 0 Å². The summed E-state index contributed by atoms with van der Waals surface area (Å²) in [6.07, 6.45) is 3.67. The van der Waals surface area contributed by atoms with Gasteiger partial charge in [-0.05, 0) is 35.4 Å². The molecule has 0 bridgehead atoms. The van der Waals surface area contributed by atoms with Gasteiger partial charge >= 0.3 is 11.9 Å². The van der Waals surface area contributed by atoms with E-state index in [9.17, 15) is 9.59 Å². The second-order valence-electron chi connectivity index (χ2n) is 4.84. The predicted octanol–water partition coefficient (Wildman–Crippen LogP) is 2.78. The van der Waals surface area contributed by atoms with Gasteiger partial charge in [-0.15, -0.1) is 0 Å². The smallest absolute Gasteiger partial charge is 0.341 e. The first-order chi connectivity index (χ1) is 11.5. The zero-order valence-electron chi connectivity index (χ0n) is 12.7. The van der Waals surface area contributed by atoms with Gasteiger partial charge in [0.25, 0.3) is 0 Å². The highest BCUT2D eigenvalue weighted by atomic mass is 16.5. The molecule has 6 nitrogen and oxygen atoms in total. The molecule has 24 heavy (non-hydrogen) atoms. The van der Waals surface area contributed by atoms with Crippen LogP contribution < -0.4 is 9.47 Å². The predicted molar refractivity (Wildman–Crippen MR) is 88.1 cm³/mol. The van der Waals surface area contributed by atoms with Crippen LogP contribution in [0.2, 0.25) is 0 Å². The maximum Gasteiger partial charge on any atom is 0.341 e. The minimum atomic E-state index is -1.03. The average molecular weight is 328 g/mol. The zero-order chi connectivity index (χ0) is 17.4. The number of rotatable bonds is 8. The molecule has 0 aliphatic carbocycles. The highest BCUT2D eigenvalue weighted by Gasteiger charge is 2.01. The lowest BCUT2D eigenvalue weighted by molar-refractivity contribution is -0.140. The standard InChI is InChI=1S/C18H16O6/c19-17(20)11-23-15-5-1-3-13(9-15)7-8-14-4-2-6-16(10-14)24-12-18(21)22/h1-10H,11-12H2,(H,19,20)(H,21,22)/b8-7+. The van der Waals surface area contributed by atoms with Crippen LogP contribution >= 0.6 is 0 Å². The summed E-state index contributed by atoms with van der Waals surface area (Å²) < 4.78 is 10.2. The SMILES string of the molecule is O=C(O)COc1cccc(/C=C/c2cccc(OCC(=O)O)c2)c1. The van der Waals surface area contributed by atoms with Crippen molar-refractivity contribution in [1.82, 2.24) is 0 Å². The fourth-order valence-corrected chi connectivity index (χ4v) is 1.90. The van der Waals surface area contributed by atoms with E-state index in [1.807, 2.05) is 24.3 Å². The number of benzene rings is 2. The van der Waals surface area contributed by atoms with Gasteiger partial charge in [-0.3, -0.25) is 0 Å². The van der Waals surface area contributed by atoms with Crippen molar-refractivity contribution in [3.05, 3.63) is 59.7 Å². The molecule has 0 saturated carbocycles. The Morgan fingerprint density at radius 2 is 1.21 bits per heavy atom. The van der Waals surface area contributed by atoms with Crippen molar-refractivity contribution in [1.29, 1.82) is 0 Å². The molecular weight excluding hydrogens is 312 g/mol. The van der Waals surface area contributed by atoms with E-state index in [2.05, 4.69) is 0 Å². The van der Waals surface area contributed by atoms with Gasteiger partial charge in [-0.1, -0.05) is 36.4 Å². The molecule has 2 rings (SSSR count). The molecule has 2 aromatic carbocycles. The van der Waals surface area contributed by atoms with Crippen LogP contribution in [-0.2, 0) is 9.59 Å². The average Bonchev–Trinajstić information content (AvgIpc) is 2.57. The van der Waals surface area contributed by atoms with Crippen LogP contribution in [0, 0.1) is 0 Å². The van der Waals surface area contributed by atoms with Gasteiger partial charge in [-0.2, -0.15) is 0 Å². The fraction of sp³-hybridized carbons (Fsp3) is 0.111. The van der Waals surface area contributed by atoms with Gasteiger partial charge in [0.05, 0.1) is 0 Å². The Balaban J connectivity index is 2.04. The normalized spacial score (nSPS) is 10.5. The Morgan fingerprint density at radius 3 is 1.58 bits per heavy atom. The summed E-state index contributed by atoms with van der Waals surface area (Å²) in [5.74, 6) is -1.13. The molecule has 0 unspecified atom stereocenters. The van der Waals surface area contributed by atoms with E-state index < -0.39 is 25.2 Å². The highest BCUT2D eigenvalue weighted by Crippen LogP contribution is 2.18. The number of hydrogen-bond donors (Lipinski definition) is 2.